The van der Waals surface area contributed by atoms with Gasteiger partial charge in [-0.1, -0.05) is 29.3 Å². The van der Waals surface area contributed by atoms with Crippen molar-refractivity contribution >= 4 is 57.9 Å². The Hall–Kier alpha value is -2.70. The third-order valence-corrected chi connectivity index (χ3v) is 5.64. The number of benzene rings is 2. The highest BCUT2D eigenvalue weighted by Gasteiger charge is 2.58. The van der Waals surface area contributed by atoms with E-state index < -0.39 is 23.8 Å². The molecule has 0 bridgehead atoms. The van der Waals surface area contributed by atoms with Crippen molar-refractivity contribution < 1.29 is 14.4 Å². The van der Waals surface area contributed by atoms with Crippen LogP contribution in [0.5, 0.6) is 0 Å². The fourth-order valence-corrected chi connectivity index (χ4v) is 3.88. The summed E-state index contributed by atoms with van der Waals surface area (Å²) in [5.74, 6) is -2.24. The van der Waals surface area contributed by atoms with E-state index in [1.165, 1.54) is 11.9 Å². The zero-order valence-electron chi connectivity index (χ0n) is 15.0. The quantitative estimate of drug-likeness (QED) is 0.717. The number of imide groups is 1. The summed E-state index contributed by atoms with van der Waals surface area (Å²) >= 11 is 12.1. The Balaban J connectivity index is 1.83. The lowest BCUT2D eigenvalue weighted by molar-refractivity contribution is -0.122. The smallest absolute Gasteiger partial charge is 0.259 e. The fourth-order valence-electron chi connectivity index (χ4n) is 3.59. The lowest BCUT2D eigenvalue weighted by atomic mass is 9.95. The predicted octanol–water partition coefficient (Wildman–Crippen LogP) is 3.63. The second-order valence-electron chi connectivity index (χ2n) is 6.68. The van der Waals surface area contributed by atoms with Crippen LogP contribution in [-0.2, 0) is 14.4 Å². The van der Waals surface area contributed by atoms with Gasteiger partial charge in [0.1, 0.15) is 17.7 Å². The molecule has 0 spiro atoms. The van der Waals surface area contributed by atoms with E-state index in [4.69, 9.17) is 23.2 Å². The molecule has 1 fully saturated rings. The molecule has 2 aromatic carbocycles. The van der Waals surface area contributed by atoms with E-state index in [2.05, 4.69) is 5.10 Å². The van der Waals surface area contributed by atoms with Crippen molar-refractivity contribution in [3.63, 3.8) is 0 Å². The molecule has 0 radical (unpaired) electrons. The zero-order chi connectivity index (χ0) is 20.2. The summed E-state index contributed by atoms with van der Waals surface area (Å²) in [5.41, 5.74) is 1.67. The Morgan fingerprint density at radius 1 is 1.04 bits per heavy atom. The summed E-state index contributed by atoms with van der Waals surface area (Å²) in [5, 5.41) is 6.71. The van der Waals surface area contributed by atoms with Gasteiger partial charge < -0.3 is 0 Å². The van der Waals surface area contributed by atoms with Gasteiger partial charge in [-0.25, -0.2) is 4.90 Å². The molecule has 2 aliphatic heterocycles. The van der Waals surface area contributed by atoms with E-state index in [1.54, 1.807) is 49.4 Å². The number of carbonyl (C=O) groups excluding carboxylic acids is 3. The first-order valence-electron chi connectivity index (χ1n) is 8.58. The van der Waals surface area contributed by atoms with E-state index in [1.807, 2.05) is 0 Å². The van der Waals surface area contributed by atoms with Crippen molar-refractivity contribution in [3.05, 3.63) is 58.1 Å². The van der Waals surface area contributed by atoms with Gasteiger partial charge in [-0.3, -0.25) is 19.4 Å². The Morgan fingerprint density at radius 3 is 2.36 bits per heavy atom. The molecule has 4 rings (SSSR count). The molecule has 6 nitrogen and oxygen atoms in total. The Kier molecular flexibility index (Phi) is 4.48. The normalized spacial score (nSPS) is 21.2. The highest BCUT2D eigenvalue weighted by molar-refractivity contribution is 6.49. The molecule has 0 N–H and O–H groups in total. The third-order valence-electron chi connectivity index (χ3n) is 4.98. The standard InChI is InChI=1S/C20H15Cl2N3O3/c1-10-14(22)4-3-5-15(10)24-19(27)16-17(11(2)26)23-25(18(16)20(24)28)13-8-6-12(21)7-9-13/h3-9,16,18H,1-2H3/t16-,18-/m1/s1. The minimum absolute atomic E-state index is 0.0699. The van der Waals surface area contributed by atoms with Gasteiger partial charge in [0.05, 0.1) is 11.4 Å². The number of fused-ring (bicyclic) bond motifs is 1. The maximum Gasteiger partial charge on any atom is 0.259 e. The summed E-state index contributed by atoms with van der Waals surface area (Å²) in [7, 11) is 0. The minimum Gasteiger partial charge on any atom is -0.293 e. The van der Waals surface area contributed by atoms with Crippen molar-refractivity contribution in [1.82, 2.24) is 0 Å². The van der Waals surface area contributed by atoms with Crippen LogP contribution in [-0.4, -0.2) is 29.4 Å². The second kappa shape index (κ2) is 6.72. The summed E-state index contributed by atoms with van der Waals surface area (Å²) in [6.07, 6.45) is 0. The molecule has 142 valence electrons. The fraction of sp³-hybridized carbons (Fsp3) is 0.200. The van der Waals surface area contributed by atoms with Gasteiger partial charge in [0.2, 0.25) is 5.91 Å². The van der Waals surface area contributed by atoms with Crippen LogP contribution in [0.4, 0.5) is 11.4 Å². The second-order valence-corrected chi connectivity index (χ2v) is 7.52. The van der Waals surface area contributed by atoms with Crippen molar-refractivity contribution in [3.8, 4) is 0 Å². The number of ketones is 1. The third kappa shape index (κ3) is 2.72. The molecule has 2 heterocycles. The highest BCUT2D eigenvalue weighted by atomic mass is 35.5. The van der Waals surface area contributed by atoms with Gasteiger partial charge in [-0.05, 0) is 48.9 Å². The molecule has 0 saturated carbocycles. The number of hydrazone groups is 1. The largest absolute Gasteiger partial charge is 0.293 e. The van der Waals surface area contributed by atoms with Crippen LogP contribution in [0.3, 0.4) is 0 Å². The van der Waals surface area contributed by atoms with Gasteiger partial charge >= 0.3 is 0 Å². The van der Waals surface area contributed by atoms with Crippen LogP contribution >= 0.6 is 23.2 Å². The average molecular weight is 416 g/mol. The first kappa shape index (κ1) is 18.7. The molecule has 28 heavy (non-hydrogen) atoms. The van der Waals surface area contributed by atoms with Gasteiger partial charge in [-0.15, -0.1) is 0 Å². The van der Waals surface area contributed by atoms with Gasteiger partial charge in [0.25, 0.3) is 5.91 Å². The summed E-state index contributed by atoms with van der Waals surface area (Å²) in [6.45, 7) is 3.08. The lowest BCUT2D eigenvalue weighted by Gasteiger charge is -2.23. The van der Waals surface area contributed by atoms with Crippen molar-refractivity contribution in [2.24, 2.45) is 11.0 Å². The van der Waals surface area contributed by atoms with Crippen molar-refractivity contribution in [1.29, 1.82) is 0 Å². The predicted molar refractivity (Wildman–Crippen MR) is 108 cm³/mol. The summed E-state index contributed by atoms with van der Waals surface area (Å²) in [6, 6.07) is 10.8. The molecule has 8 heteroatoms. The molecular formula is C20H15Cl2N3O3. The first-order valence-corrected chi connectivity index (χ1v) is 9.34. The number of halogens is 2. The van der Waals surface area contributed by atoms with Crippen LogP contribution in [0, 0.1) is 12.8 Å². The van der Waals surface area contributed by atoms with Crippen LogP contribution in [0.15, 0.2) is 47.6 Å². The van der Waals surface area contributed by atoms with Crippen LogP contribution < -0.4 is 9.91 Å². The summed E-state index contributed by atoms with van der Waals surface area (Å²) < 4.78 is 0. The topological polar surface area (TPSA) is 70.1 Å². The maximum atomic E-state index is 13.3. The number of hydrogen-bond donors (Lipinski definition) is 0. The van der Waals surface area contributed by atoms with E-state index in [9.17, 15) is 14.4 Å². The van der Waals surface area contributed by atoms with E-state index in [0.29, 0.717) is 27.0 Å². The van der Waals surface area contributed by atoms with Crippen molar-refractivity contribution in [2.45, 2.75) is 19.9 Å². The average Bonchev–Trinajstić information content (AvgIpc) is 3.16. The van der Waals surface area contributed by atoms with Crippen LogP contribution in [0.1, 0.15) is 12.5 Å². The van der Waals surface area contributed by atoms with Gasteiger partial charge in [-0.2, -0.15) is 5.10 Å². The van der Waals surface area contributed by atoms with Crippen molar-refractivity contribution in [2.75, 3.05) is 9.91 Å². The number of nitrogens with zero attached hydrogens (tertiary/aromatic N) is 3. The number of amides is 2. The number of Topliss-reactive ketones (excluding diaryl/α,β-unsaturated/α-hetero) is 1. The van der Waals surface area contributed by atoms with E-state index >= 15 is 0 Å². The molecule has 2 atom stereocenters. The molecule has 2 aromatic rings. The monoisotopic (exact) mass is 415 g/mol. The number of carbonyl (C=O) groups is 3. The van der Waals surface area contributed by atoms with Crippen LogP contribution in [0.2, 0.25) is 10.0 Å². The maximum absolute atomic E-state index is 13.3. The SMILES string of the molecule is CC(=O)C1=NN(c2ccc(Cl)cc2)[C@H]2C(=O)N(c3cccc(Cl)c3C)C(=O)[C@H]12. The van der Waals surface area contributed by atoms with Gasteiger partial charge in [0, 0.05) is 17.0 Å². The van der Waals surface area contributed by atoms with E-state index in [0.717, 1.165) is 4.90 Å². The minimum atomic E-state index is -0.959. The molecule has 2 amide bonds. The Bertz CT molecular complexity index is 1050. The molecular weight excluding hydrogens is 401 g/mol. The highest BCUT2D eigenvalue weighted by Crippen LogP contribution is 2.39. The molecule has 0 unspecified atom stereocenters. The Labute approximate surface area is 171 Å². The number of anilines is 2. The first-order chi connectivity index (χ1) is 13.3. The molecule has 2 aliphatic rings. The molecule has 0 aliphatic carbocycles. The molecule has 0 aromatic heterocycles. The number of hydrogen-bond acceptors (Lipinski definition) is 5. The van der Waals surface area contributed by atoms with Crippen LogP contribution in [0.25, 0.3) is 0 Å². The number of rotatable bonds is 3. The van der Waals surface area contributed by atoms with E-state index in [-0.39, 0.29) is 11.5 Å². The summed E-state index contributed by atoms with van der Waals surface area (Å²) in [4.78, 5) is 39.7. The Morgan fingerprint density at radius 2 is 1.71 bits per heavy atom. The zero-order valence-corrected chi connectivity index (χ0v) is 16.5. The lowest BCUT2D eigenvalue weighted by Crippen LogP contribution is -2.39. The van der Waals surface area contributed by atoms with Gasteiger partial charge in [0.15, 0.2) is 5.78 Å². The molecule has 1 saturated heterocycles.